The van der Waals surface area contributed by atoms with E-state index < -0.39 is 0 Å². The van der Waals surface area contributed by atoms with Crippen molar-refractivity contribution in [2.45, 2.75) is 6.54 Å². The first-order valence-corrected chi connectivity index (χ1v) is 7.66. The Hall–Kier alpha value is -1.17. The van der Waals surface area contributed by atoms with E-state index in [1.54, 1.807) is 11.3 Å². The fraction of sp³-hybridized carbons (Fsp3) is 0.0769. The number of fused-ring (bicyclic) bond motifs is 1. The number of benzene rings is 1. The second-order valence-electron chi connectivity index (χ2n) is 3.94. The predicted octanol–water partition coefficient (Wildman–Crippen LogP) is 4.72. The highest BCUT2D eigenvalue weighted by Crippen LogP contribution is 2.24. The van der Waals surface area contributed by atoms with Gasteiger partial charge in [0.2, 0.25) is 5.28 Å². The maximum atomic E-state index is 5.94. The van der Waals surface area contributed by atoms with Crippen molar-refractivity contribution in [3.8, 4) is 0 Å². The van der Waals surface area contributed by atoms with Crippen molar-refractivity contribution in [2.24, 2.45) is 0 Å². The molecule has 0 fully saturated rings. The van der Waals surface area contributed by atoms with Crippen LogP contribution in [0.2, 0.25) is 5.28 Å². The lowest BCUT2D eigenvalue weighted by molar-refractivity contribution is 1.13. The molecule has 96 valence electrons. The number of hydrogen-bond acceptors (Lipinski definition) is 4. The molecule has 3 nitrogen and oxygen atoms in total. The van der Waals surface area contributed by atoms with Crippen molar-refractivity contribution in [1.82, 2.24) is 9.97 Å². The van der Waals surface area contributed by atoms with Gasteiger partial charge in [-0.15, -0.1) is 11.3 Å². The van der Waals surface area contributed by atoms with Crippen molar-refractivity contribution in [3.63, 3.8) is 0 Å². The standard InChI is InChI=1S/C13H9BrClN3S/c14-8-5-9(19-7-8)6-16-12-10-3-1-2-4-11(10)17-13(15)18-12/h1-5,7H,6H2,(H,16,17,18). The summed E-state index contributed by atoms with van der Waals surface area (Å²) in [6, 6.07) is 9.90. The summed E-state index contributed by atoms with van der Waals surface area (Å²) in [6.07, 6.45) is 0. The van der Waals surface area contributed by atoms with E-state index in [0.29, 0.717) is 6.54 Å². The molecule has 0 saturated heterocycles. The van der Waals surface area contributed by atoms with E-state index in [1.807, 2.05) is 24.3 Å². The van der Waals surface area contributed by atoms with E-state index in [0.717, 1.165) is 21.2 Å². The Bertz CT molecular complexity index is 729. The molecular formula is C13H9BrClN3S. The van der Waals surface area contributed by atoms with Gasteiger partial charge in [-0.3, -0.25) is 0 Å². The minimum absolute atomic E-state index is 0.258. The fourth-order valence-electron chi connectivity index (χ4n) is 1.80. The predicted molar refractivity (Wildman–Crippen MR) is 83.9 cm³/mol. The molecule has 0 radical (unpaired) electrons. The number of aromatic nitrogens is 2. The summed E-state index contributed by atoms with van der Waals surface area (Å²) in [7, 11) is 0. The topological polar surface area (TPSA) is 37.8 Å². The Morgan fingerprint density at radius 1 is 1.26 bits per heavy atom. The molecule has 2 aromatic heterocycles. The van der Waals surface area contributed by atoms with Crippen LogP contribution in [-0.2, 0) is 6.54 Å². The van der Waals surface area contributed by atoms with Crippen LogP contribution < -0.4 is 5.32 Å². The Morgan fingerprint density at radius 3 is 2.89 bits per heavy atom. The maximum absolute atomic E-state index is 5.94. The van der Waals surface area contributed by atoms with Crippen LogP contribution >= 0.6 is 38.9 Å². The second kappa shape index (κ2) is 5.45. The van der Waals surface area contributed by atoms with Gasteiger partial charge in [0.15, 0.2) is 0 Å². The number of nitrogens with one attached hydrogen (secondary N) is 1. The molecule has 3 rings (SSSR count). The molecule has 0 aliphatic carbocycles. The van der Waals surface area contributed by atoms with Gasteiger partial charge >= 0.3 is 0 Å². The molecule has 0 aliphatic heterocycles. The lowest BCUT2D eigenvalue weighted by atomic mass is 10.2. The molecule has 0 bridgehead atoms. The number of rotatable bonds is 3. The molecule has 1 N–H and O–H groups in total. The van der Waals surface area contributed by atoms with Gasteiger partial charge in [-0.05, 0) is 45.7 Å². The summed E-state index contributed by atoms with van der Waals surface area (Å²) in [5.74, 6) is 0.764. The molecule has 0 unspecified atom stereocenters. The number of hydrogen-bond donors (Lipinski definition) is 1. The van der Waals surface area contributed by atoms with Gasteiger partial charge in [0, 0.05) is 20.1 Å². The van der Waals surface area contributed by atoms with E-state index >= 15 is 0 Å². The molecule has 0 atom stereocenters. The molecule has 0 saturated carbocycles. The van der Waals surface area contributed by atoms with Gasteiger partial charge in [0.1, 0.15) is 5.82 Å². The van der Waals surface area contributed by atoms with Crippen molar-refractivity contribution in [3.05, 3.63) is 50.3 Å². The second-order valence-corrected chi connectivity index (χ2v) is 6.19. The van der Waals surface area contributed by atoms with Crippen LogP contribution in [0.25, 0.3) is 10.9 Å². The summed E-state index contributed by atoms with van der Waals surface area (Å²) in [6.45, 7) is 0.716. The third-order valence-corrected chi connectivity index (χ3v) is 4.49. The Kier molecular flexibility index (Phi) is 3.68. The minimum atomic E-state index is 0.258. The molecular weight excluding hydrogens is 346 g/mol. The fourth-order valence-corrected chi connectivity index (χ4v) is 3.37. The number of anilines is 1. The number of thiophene rings is 1. The van der Waals surface area contributed by atoms with Crippen LogP contribution in [0, 0.1) is 0 Å². The van der Waals surface area contributed by atoms with E-state index in [4.69, 9.17) is 11.6 Å². The van der Waals surface area contributed by atoms with Crippen LogP contribution in [0.4, 0.5) is 5.82 Å². The molecule has 0 spiro atoms. The zero-order chi connectivity index (χ0) is 13.2. The van der Waals surface area contributed by atoms with Crippen molar-refractivity contribution in [1.29, 1.82) is 0 Å². The van der Waals surface area contributed by atoms with Crippen molar-refractivity contribution < 1.29 is 0 Å². The molecule has 0 aliphatic rings. The average molecular weight is 355 g/mol. The molecule has 1 aromatic carbocycles. The van der Waals surface area contributed by atoms with E-state index in [-0.39, 0.29) is 5.28 Å². The highest BCUT2D eigenvalue weighted by molar-refractivity contribution is 9.10. The van der Waals surface area contributed by atoms with Crippen molar-refractivity contribution >= 4 is 55.6 Å². The summed E-state index contributed by atoms with van der Waals surface area (Å²) in [4.78, 5) is 9.69. The molecule has 0 amide bonds. The van der Waals surface area contributed by atoms with Crippen molar-refractivity contribution in [2.75, 3.05) is 5.32 Å². The number of para-hydroxylation sites is 1. The first-order valence-electron chi connectivity index (χ1n) is 5.61. The van der Waals surface area contributed by atoms with Gasteiger partial charge in [0.05, 0.1) is 12.1 Å². The third-order valence-electron chi connectivity index (χ3n) is 2.63. The Balaban J connectivity index is 1.91. The SMILES string of the molecule is Clc1nc(NCc2cc(Br)cs2)c2ccccc2n1. The van der Waals surface area contributed by atoms with Gasteiger partial charge in [-0.25, -0.2) is 9.97 Å². The summed E-state index contributed by atoms with van der Waals surface area (Å²) in [5.41, 5.74) is 0.845. The van der Waals surface area contributed by atoms with Gasteiger partial charge in [-0.2, -0.15) is 0 Å². The van der Waals surface area contributed by atoms with Crippen LogP contribution in [0.1, 0.15) is 4.88 Å². The highest BCUT2D eigenvalue weighted by Gasteiger charge is 2.06. The quantitative estimate of drug-likeness (QED) is 0.692. The van der Waals surface area contributed by atoms with Crippen LogP contribution in [0.15, 0.2) is 40.2 Å². The van der Waals surface area contributed by atoms with Crippen LogP contribution in [0.5, 0.6) is 0 Å². The first kappa shape index (κ1) is 12.8. The normalized spacial score (nSPS) is 10.8. The molecule has 6 heteroatoms. The van der Waals surface area contributed by atoms with Gasteiger partial charge < -0.3 is 5.32 Å². The molecule has 2 heterocycles. The van der Waals surface area contributed by atoms with E-state index in [1.165, 1.54) is 4.88 Å². The monoisotopic (exact) mass is 353 g/mol. The largest absolute Gasteiger partial charge is 0.365 e. The van der Waals surface area contributed by atoms with E-state index in [2.05, 4.69) is 42.7 Å². The van der Waals surface area contributed by atoms with Gasteiger partial charge in [-0.1, -0.05) is 12.1 Å². The average Bonchev–Trinajstić information content (AvgIpc) is 2.81. The summed E-state index contributed by atoms with van der Waals surface area (Å²) >= 11 is 11.1. The van der Waals surface area contributed by atoms with Gasteiger partial charge in [0.25, 0.3) is 0 Å². The Morgan fingerprint density at radius 2 is 2.11 bits per heavy atom. The lowest BCUT2D eigenvalue weighted by Crippen LogP contribution is -2.01. The van der Waals surface area contributed by atoms with E-state index in [9.17, 15) is 0 Å². The molecule has 3 aromatic rings. The number of halogens is 2. The zero-order valence-electron chi connectivity index (χ0n) is 9.73. The molecule has 19 heavy (non-hydrogen) atoms. The first-order chi connectivity index (χ1) is 9.22. The maximum Gasteiger partial charge on any atom is 0.224 e. The summed E-state index contributed by atoms with van der Waals surface area (Å²) in [5, 5.41) is 6.60. The minimum Gasteiger partial charge on any atom is -0.365 e. The number of nitrogens with zero attached hydrogens (tertiary/aromatic N) is 2. The Labute approximate surface area is 127 Å². The van der Waals surface area contributed by atoms with Crippen LogP contribution in [0.3, 0.4) is 0 Å². The zero-order valence-corrected chi connectivity index (χ0v) is 12.9. The smallest absolute Gasteiger partial charge is 0.224 e. The third kappa shape index (κ3) is 2.88. The lowest BCUT2D eigenvalue weighted by Gasteiger charge is -2.07. The summed E-state index contributed by atoms with van der Waals surface area (Å²) < 4.78 is 1.10. The highest BCUT2D eigenvalue weighted by atomic mass is 79.9. The van der Waals surface area contributed by atoms with Crippen LogP contribution in [-0.4, -0.2) is 9.97 Å².